The van der Waals surface area contributed by atoms with E-state index in [0.717, 1.165) is 67.1 Å². The topological polar surface area (TPSA) is 72.2 Å². The van der Waals surface area contributed by atoms with Crippen molar-refractivity contribution in [3.8, 4) is 73.7 Å². The third-order valence-corrected chi connectivity index (χ3v) is 16.1. The summed E-state index contributed by atoms with van der Waals surface area (Å²) in [6.07, 6.45) is 1.85. The van der Waals surface area contributed by atoms with Crippen molar-refractivity contribution in [3.05, 3.63) is 247 Å². The molecule has 0 saturated carbocycles. The van der Waals surface area contributed by atoms with Crippen molar-refractivity contribution in [2.75, 3.05) is 16.5 Å². The number of pyridine rings is 1. The molecule has 83 heavy (non-hydrogen) atoms. The van der Waals surface area contributed by atoms with Gasteiger partial charge in [0.1, 0.15) is 24.0 Å². The molecule has 8 nitrogen and oxygen atoms in total. The number of para-hydroxylation sites is 3. The van der Waals surface area contributed by atoms with Crippen LogP contribution in [0.3, 0.4) is 0 Å². The molecule has 0 N–H and O–H groups in total. The van der Waals surface area contributed by atoms with Crippen molar-refractivity contribution >= 4 is 44.6 Å². The quantitative estimate of drug-likeness (QED) is 0.135. The van der Waals surface area contributed by atoms with Gasteiger partial charge in [-0.2, -0.15) is 0 Å². The summed E-state index contributed by atoms with van der Waals surface area (Å²) in [6.45, 7) is 20.9. The molecule has 9 aromatic carbocycles. The van der Waals surface area contributed by atoms with E-state index in [1.54, 1.807) is 0 Å². The minimum Gasteiger partial charge on any atom is -0.456 e. The number of anilines is 4. The maximum atomic E-state index is 7.37. The summed E-state index contributed by atoms with van der Waals surface area (Å²) in [5, 5.41) is 2.12. The van der Waals surface area contributed by atoms with E-state index in [2.05, 4.69) is 222 Å². The molecule has 408 valence electrons. The Morgan fingerprint density at radius 1 is 0.386 bits per heavy atom. The summed E-state index contributed by atoms with van der Waals surface area (Å²) < 4.78 is 9.61. The van der Waals surface area contributed by atoms with Crippen molar-refractivity contribution < 1.29 is 4.74 Å². The first kappa shape index (κ1) is 52.7. The van der Waals surface area contributed by atoms with E-state index in [0.29, 0.717) is 35.6 Å². The van der Waals surface area contributed by atoms with Crippen LogP contribution in [-0.4, -0.2) is 31.2 Å². The van der Waals surface area contributed by atoms with E-state index >= 15 is 0 Å². The highest BCUT2D eigenvalue weighted by atomic mass is 16.5. The smallest absolute Gasteiger partial charge is 0.167 e. The minimum atomic E-state index is -0.0941. The molecule has 0 radical (unpaired) electrons. The average molecular weight is 1080 g/mol. The molecular weight excluding hydrogens is 1010 g/mol. The largest absolute Gasteiger partial charge is 0.456 e. The lowest BCUT2D eigenvalue weighted by Gasteiger charge is -2.28. The summed E-state index contributed by atoms with van der Waals surface area (Å²) in [4.78, 5) is 25.5. The van der Waals surface area contributed by atoms with E-state index in [9.17, 15) is 0 Å². The summed E-state index contributed by atoms with van der Waals surface area (Å²) in [7, 11) is 0. The van der Waals surface area contributed by atoms with Gasteiger partial charge >= 0.3 is 0 Å². The van der Waals surface area contributed by atoms with Crippen LogP contribution in [0.2, 0.25) is 0 Å². The van der Waals surface area contributed by atoms with E-state index in [4.69, 9.17) is 24.7 Å². The molecule has 4 heterocycles. The Morgan fingerprint density at radius 3 is 1.47 bits per heavy atom. The van der Waals surface area contributed by atoms with Gasteiger partial charge < -0.3 is 14.5 Å². The average Bonchev–Trinajstić information content (AvgIpc) is 3.88. The Morgan fingerprint density at radius 2 is 0.904 bits per heavy atom. The number of rotatable bonds is 10. The maximum absolute atomic E-state index is 7.37. The van der Waals surface area contributed by atoms with Gasteiger partial charge in [0, 0.05) is 57.0 Å². The number of ether oxygens (including phenoxy) is 1. The number of hydrogen-bond acceptors (Lipinski definition) is 7. The van der Waals surface area contributed by atoms with Crippen molar-refractivity contribution in [3.63, 3.8) is 0 Å². The fraction of sp³-hybridized carbons (Fsp3) is 0.173. The van der Waals surface area contributed by atoms with Gasteiger partial charge in [-0.3, -0.25) is 4.57 Å². The van der Waals surface area contributed by atoms with Crippen LogP contribution < -0.4 is 14.5 Å². The van der Waals surface area contributed by atoms with Gasteiger partial charge in [-0.15, -0.1) is 0 Å². The Kier molecular flexibility index (Phi) is 13.1. The number of nitrogens with zero attached hydrogens (tertiary/aromatic N) is 7. The third-order valence-electron chi connectivity index (χ3n) is 16.1. The van der Waals surface area contributed by atoms with Crippen LogP contribution in [0.5, 0.6) is 11.5 Å². The highest BCUT2D eigenvalue weighted by Gasteiger charge is 2.32. The van der Waals surface area contributed by atoms with Crippen LogP contribution in [0.4, 0.5) is 22.7 Å². The van der Waals surface area contributed by atoms with Gasteiger partial charge in [-0.1, -0.05) is 220 Å². The predicted octanol–water partition coefficient (Wildman–Crippen LogP) is 19.6. The maximum Gasteiger partial charge on any atom is 0.167 e. The summed E-state index contributed by atoms with van der Waals surface area (Å²) in [5.41, 5.74) is 17.3. The number of fused-ring (bicyclic) bond motifs is 4. The van der Waals surface area contributed by atoms with Gasteiger partial charge in [0.25, 0.3) is 0 Å². The van der Waals surface area contributed by atoms with Crippen molar-refractivity contribution in [1.82, 2.24) is 24.5 Å². The Labute approximate surface area is 487 Å². The molecule has 0 fully saturated rings. The molecule has 0 spiro atoms. The highest BCUT2D eigenvalue weighted by molar-refractivity contribution is 6.11. The molecule has 0 atom stereocenters. The lowest BCUT2D eigenvalue weighted by Crippen LogP contribution is -2.25. The van der Waals surface area contributed by atoms with Crippen molar-refractivity contribution in [2.24, 2.45) is 0 Å². The summed E-state index contributed by atoms with van der Waals surface area (Å²) in [5.74, 6) is 3.69. The zero-order valence-electron chi connectivity index (χ0n) is 48.7. The summed E-state index contributed by atoms with van der Waals surface area (Å²) in [6, 6.07) is 79.7. The monoisotopic (exact) mass is 1080 g/mol. The summed E-state index contributed by atoms with van der Waals surface area (Å²) >= 11 is 0. The molecule has 13 rings (SSSR count). The zero-order valence-corrected chi connectivity index (χ0v) is 48.7. The molecule has 0 amide bonds. The van der Waals surface area contributed by atoms with E-state index < -0.39 is 0 Å². The van der Waals surface area contributed by atoms with Crippen LogP contribution >= 0.6 is 0 Å². The standard InChI is InChI=1S/C75H67N7O/c1-73(2,3)53-37-33-49(34-38-53)58-28-21-29-59(50-35-39-54(40-36-50)74(4,5)6)69(58)81-48-80(64-30-16-17-31-65(64)81)56-26-20-27-57(45-56)83-67-47-66-61(60-44-55(75(7,8)9)41-42-63(60)82(66)68-32-18-19-43-76-68)46-62(67)72-78-70(51-22-12-10-13-23-51)77-71(79-72)52-24-14-11-15-25-52/h10-47H,48H2,1-9H3. The van der Waals surface area contributed by atoms with Crippen LogP contribution in [0, 0.1) is 0 Å². The van der Waals surface area contributed by atoms with Crippen molar-refractivity contribution in [2.45, 2.75) is 78.6 Å². The minimum absolute atomic E-state index is 0.0275. The Hall–Kier alpha value is -9.66. The molecule has 0 saturated heterocycles. The highest BCUT2D eigenvalue weighted by Crippen LogP contribution is 2.51. The van der Waals surface area contributed by atoms with E-state index in [-0.39, 0.29) is 16.2 Å². The van der Waals surface area contributed by atoms with Crippen LogP contribution in [-0.2, 0) is 16.2 Å². The second-order valence-corrected chi connectivity index (χ2v) is 24.9. The second-order valence-electron chi connectivity index (χ2n) is 24.9. The fourth-order valence-corrected chi connectivity index (χ4v) is 11.5. The normalized spacial score (nSPS) is 12.8. The molecule has 3 aromatic heterocycles. The third kappa shape index (κ3) is 10.1. The van der Waals surface area contributed by atoms with Gasteiger partial charge in [-0.05, 0) is 98.7 Å². The molecule has 0 bridgehead atoms. The van der Waals surface area contributed by atoms with E-state index in [1.165, 1.54) is 38.9 Å². The first-order valence-electron chi connectivity index (χ1n) is 28.7. The number of aromatic nitrogens is 5. The van der Waals surface area contributed by atoms with Crippen LogP contribution in [0.25, 0.3) is 84.0 Å². The molecule has 8 heteroatoms. The number of hydrogen-bond donors (Lipinski definition) is 0. The van der Waals surface area contributed by atoms with Gasteiger partial charge in [0.2, 0.25) is 0 Å². The zero-order chi connectivity index (χ0) is 57.2. The fourth-order valence-electron chi connectivity index (χ4n) is 11.5. The Bertz CT molecular complexity index is 4230. The molecule has 0 aliphatic carbocycles. The number of benzene rings is 9. The van der Waals surface area contributed by atoms with Crippen molar-refractivity contribution in [1.29, 1.82) is 0 Å². The van der Waals surface area contributed by atoms with Gasteiger partial charge in [0.05, 0.1) is 33.7 Å². The lowest BCUT2D eigenvalue weighted by molar-refractivity contribution is 0.484. The molecular formula is C75H67N7O. The van der Waals surface area contributed by atoms with Gasteiger partial charge in [0.15, 0.2) is 17.5 Å². The SMILES string of the molecule is CC(C)(C)c1ccc(-c2cccc(-c3ccc(C(C)(C)C)cc3)c2N2CN(c3cccc(Oc4cc5c(cc4-c4nc(-c6ccccc6)nc(-c6ccccc6)n4)c4cc(C(C)(C)C)ccc4n5-c4ccccn4)c3)c3ccccc32)cc1. The van der Waals surface area contributed by atoms with Crippen LogP contribution in [0.15, 0.2) is 231 Å². The molecule has 0 unspecified atom stereocenters. The molecule has 1 aliphatic heterocycles. The predicted molar refractivity (Wildman–Crippen MR) is 344 cm³/mol. The first-order valence-corrected chi connectivity index (χ1v) is 28.7. The second kappa shape index (κ2) is 20.7. The first-order chi connectivity index (χ1) is 40.0. The van der Waals surface area contributed by atoms with E-state index in [1.807, 2.05) is 85.1 Å². The molecule has 12 aromatic rings. The Balaban J connectivity index is 0.971. The van der Waals surface area contributed by atoms with Crippen LogP contribution in [0.1, 0.15) is 79.0 Å². The molecule has 1 aliphatic rings. The lowest BCUT2D eigenvalue weighted by atomic mass is 9.85. The van der Waals surface area contributed by atoms with Gasteiger partial charge in [-0.25, -0.2) is 19.9 Å².